The zero-order valence-electron chi connectivity index (χ0n) is 11.1. The Hall–Kier alpha value is -1.64. The Labute approximate surface area is 120 Å². The van der Waals surface area contributed by atoms with Gasteiger partial charge in [0.25, 0.3) is 0 Å². The maximum Gasteiger partial charge on any atom is 0.304 e. The number of aromatic amines is 1. The van der Waals surface area contributed by atoms with Crippen molar-refractivity contribution >= 4 is 27.0 Å². The van der Waals surface area contributed by atoms with Crippen molar-refractivity contribution in [1.82, 2.24) is 9.71 Å². The van der Waals surface area contributed by atoms with Gasteiger partial charge < -0.3 is 10.7 Å². The van der Waals surface area contributed by atoms with Gasteiger partial charge in [0.2, 0.25) is 10.0 Å². The molecule has 20 heavy (non-hydrogen) atoms. The van der Waals surface area contributed by atoms with E-state index in [4.69, 9.17) is 5.73 Å². The maximum atomic E-state index is 12.3. The van der Waals surface area contributed by atoms with Crippen molar-refractivity contribution in [3.05, 3.63) is 44.0 Å². The molecule has 6 nitrogen and oxygen atoms in total. The van der Waals surface area contributed by atoms with Crippen molar-refractivity contribution in [2.45, 2.75) is 25.3 Å². The van der Waals surface area contributed by atoms with E-state index >= 15 is 0 Å². The average molecular weight is 313 g/mol. The summed E-state index contributed by atoms with van der Waals surface area (Å²) in [7, 11) is -3.67. The van der Waals surface area contributed by atoms with E-state index in [-0.39, 0.29) is 16.3 Å². The van der Waals surface area contributed by atoms with Crippen LogP contribution in [0.1, 0.15) is 16.8 Å². The van der Waals surface area contributed by atoms with Crippen molar-refractivity contribution in [3.63, 3.8) is 0 Å². The Kier molecular flexibility index (Phi) is 3.98. The minimum atomic E-state index is -3.67. The maximum absolute atomic E-state index is 12.3. The number of nitrogens with one attached hydrogen (secondary N) is 2. The van der Waals surface area contributed by atoms with Crippen LogP contribution in [0.4, 0.5) is 5.69 Å². The fourth-order valence-corrected chi connectivity index (χ4v) is 3.72. The molecule has 0 aliphatic rings. The number of hydrogen-bond acceptors (Lipinski definition) is 5. The second-order valence-electron chi connectivity index (χ2n) is 4.46. The van der Waals surface area contributed by atoms with Crippen LogP contribution >= 0.6 is 11.3 Å². The second-order valence-corrected chi connectivity index (χ2v) is 7.04. The van der Waals surface area contributed by atoms with Gasteiger partial charge in [0.05, 0.1) is 11.4 Å². The Morgan fingerprint density at radius 2 is 2.05 bits per heavy atom. The Morgan fingerprint density at radius 1 is 1.35 bits per heavy atom. The summed E-state index contributed by atoms with van der Waals surface area (Å²) in [5.74, 6) is 0. The molecule has 0 spiro atoms. The fraction of sp³-hybridized carbons (Fsp3) is 0.250. The second kappa shape index (κ2) is 5.39. The number of benzene rings is 1. The SMILES string of the molecule is Cc1cc(N)cc(S(=O)(=O)NCc2csc(=O)[nH]2)c1C. The van der Waals surface area contributed by atoms with Crippen LogP contribution in [0.15, 0.2) is 27.2 Å². The number of thiazole rings is 1. The highest BCUT2D eigenvalue weighted by molar-refractivity contribution is 7.89. The Bertz CT molecular complexity index is 791. The molecule has 0 radical (unpaired) electrons. The van der Waals surface area contributed by atoms with Crippen LogP contribution in [0.25, 0.3) is 0 Å². The average Bonchev–Trinajstić information content (AvgIpc) is 2.77. The molecule has 1 heterocycles. The van der Waals surface area contributed by atoms with E-state index in [1.54, 1.807) is 25.3 Å². The van der Waals surface area contributed by atoms with Crippen molar-refractivity contribution in [2.75, 3.05) is 5.73 Å². The van der Waals surface area contributed by atoms with E-state index in [0.717, 1.165) is 16.9 Å². The van der Waals surface area contributed by atoms with Crippen LogP contribution in [-0.4, -0.2) is 13.4 Å². The van der Waals surface area contributed by atoms with Gasteiger partial charge in [-0.2, -0.15) is 0 Å². The first-order valence-electron chi connectivity index (χ1n) is 5.82. The predicted molar refractivity (Wildman–Crippen MR) is 79.3 cm³/mol. The van der Waals surface area contributed by atoms with Gasteiger partial charge in [-0.15, -0.1) is 0 Å². The Balaban J connectivity index is 2.29. The van der Waals surface area contributed by atoms with Gasteiger partial charge in [0.1, 0.15) is 0 Å². The van der Waals surface area contributed by atoms with Gasteiger partial charge in [-0.25, -0.2) is 13.1 Å². The highest BCUT2D eigenvalue weighted by atomic mass is 32.2. The lowest BCUT2D eigenvalue weighted by Gasteiger charge is -2.11. The first-order valence-corrected chi connectivity index (χ1v) is 8.19. The third-order valence-electron chi connectivity index (χ3n) is 2.96. The smallest absolute Gasteiger partial charge is 0.304 e. The summed E-state index contributed by atoms with van der Waals surface area (Å²) in [6.45, 7) is 3.57. The highest BCUT2D eigenvalue weighted by Gasteiger charge is 2.18. The number of aryl methyl sites for hydroxylation is 1. The van der Waals surface area contributed by atoms with Gasteiger partial charge in [0.15, 0.2) is 0 Å². The minimum absolute atomic E-state index is 0.0361. The van der Waals surface area contributed by atoms with E-state index in [9.17, 15) is 13.2 Å². The molecule has 0 fully saturated rings. The van der Waals surface area contributed by atoms with E-state index in [1.165, 1.54) is 6.07 Å². The summed E-state index contributed by atoms with van der Waals surface area (Å²) in [6.07, 6.45) is 0. The van der Waals surface area contributed by atoms with E-state index in [1.807, 2.05) is 0 Å². The summed E-state index contributed by atoms with van der Waals surface area (Å²) in [4.78, 5) is 13.5. The monoisotopic (exact) mass is 313 g/mol. The van der Waals surface area contributed by atoms with Gasteiger partial charge in [0, 0.05) is 16.8 Å². The lowest BCUT2D eigenvalue weighted by molar-refractivity contribution is 0.580. The van der Waals surface area contributed by atoms with Crippen molar-refractivity contribution < 1.29 is 8.42 Å². The number of H-pyrrole nitrogens is 1. The summed E-state index contributed by atoms with van der Waals surface area (Å²) in [6, 6.07) is 3.16. The quantitative estimate of drug-likeness (QED) is 0.735. The number of nitrogen functional groups attached to an aromatic ring is 1. The molecule has 0 unspecified atom stereocenters. The molecule has 108 valence electrons. The van der Waals surface area contributed by atoms with Gasteiger partial charge in [-0.1, -0.05) is 11.3 Å². The third-order valence-corrected chi connectivity index (χ3v) is 5.20. The third kappa shape index (κ3) is 3.09. The molecular weight excluding hydrogens is 298 g/mol. The summed E-state index contributed by atoms with van der Waals surface area (Å²) in [5, 5.41) is 1.59. The highest BCUT2D eigenvalue weighted by Crippen LogP contribution is 2.22. The molecule has 0 aliphatic heterocycles. The molecule has 0 saturated carbocycles. The van der Waals surface area contributed by atoms with Crippen LogP contribution < -0.4 is 15.3 Å². The molecule has 1 aromatic heterocycles. The van der Waals surface area contributed by atoms with Crippen molar-refractivity contribution in [3.8, 4) is 0 Å². The molecular formula is C12H15N3O3S2. The molecule has 0 saturated heterocycles. The zero-order chi connectivity index (χ0) is 14.9. The molecule has 4 N–H and O–H groups in total. The van der Waals surface area contributed by atoms with Crippen LogP contribution in [0.2, 0.25) is 0 Å². The van der Waals surface area contributed by atoms with Crippen molar-refractivity contribution in [1.29, 1.82) is 0 Å². The molecule has 2 rings (SSSR count). The summed E-state index contributed by atoms with van der Waals surface area (Å²) in [5.41, 5.74) is 8.10. The number of rotatable bonds is 4. The molecule has 2 aromatic rings. The topological polar surface area (TPSA) is 105 Å². The Morgan fingerprint density at radius 3 is 2.65 bits per heavy atom. The molecule has 0 amide bonds. The number of hydrogen-bond donors (Lipinski definition) is 3. The predicted octanol–water partition coefficient (Wildman–Crippen LogP) is 1.11. The normalized spacial score (nSPS) is 11.7. The fourth-order valence-electron chi connectivity index (χ4n) is 1.78. The van der Waals surface area contributed by atoms with E-state index in [0.29, 0.717) is 16.9 Å². The molecule has 0 bridgehead atoms. The van der Waals surface area contributed by atoms with Gasteiger partial charge >= 0.3 is 4.87 Å². The molecule has 0 atom stereocenters. The molecule has 8 heteroatoms. The molecule has 0 aliphatic carbocycles. The number of aromatic nitrogens is 1. The summed E-state index contributed by atoms with van der Waals surface area (Å²) >= 11 is 0.993. The van der Waals surface area contributed by atoms with Crippen LogP contribution in [0.5, 0.6) is 0 Å². The van der Waals surface area contributed by atoms with Crippen LogP contribution in [0.3, 0.4) is 0 Å². The largest absolute Gasteiger partial charge is 0.399 e. The summed E-state index contributed by atoms with van der Waals surface area (Å²) < 4.78 is 27.0. The lowest BCUT2D eigenvalue weighted by Crippen LogP contribution is -2.24. The zero-order valence-corrected chi connectivity index (χ0v) is 12.7. The molecule has 1 aromatic carbocycles. The number of anilines is 1. The van der Waals surface area contributed by atoms with Crippen LogP contribution in [0, 0.1) is 13.8 Å². The van der Waals surface area contributed by atoms with E-state index < -0.39 is 10.0 Å². The van der Waals surface area contributed by atoms with Crippen molar-refractivity contribution in [2.24, 2.45) is 0 Å². The standard InChI is InChI=1S/C12H15N3O3S2/c1-7-3-9(13)4-11(8(7)2)20(17,18)14-5-10-6-19-12(16)15-10/h3-4,6,14H,5,13H2,1-2H3,(H,15,16). The van der Waals surface area contributed by atoms with Gasteiger partial charge in [-0.05, 0) is 37.1 Å². The number of sulfonamides is 1. The van der Waals surface area contributed by atoms with Gasteiger partial charge in [-0.3, -0.25) is 4.79 Å². The first-order chi connectivity index (χ1) is 9.29. The number of nitrogens with two attached hydrogens (primary N) is 1. The first kappa shape index (κ1) is 14.8. The lowest BCUT2D eigenvalue weighted by atomic mass is 10.1. The minimum Gasteiger partial charge on any atom is -0.399 e. The van der Waals surface area contributed by atoms with Crippen LogP contribution in [-0.2, 0) is 16.6 Å². The van der Waals surface area contributed by atoms with E-state index in [2.05, 4.69) is 9.71 Å².